The van der Waals surface area contributed by atoms with Crippen LogP contribution in [0.25, 0.3) is 0 Å². The van der Waals surface area contributed by atoms with Gasteiger partial charge in [-0.15, -0.1) is 0 Å². The van der Waals surface area contributed by atoms with Gasteiger partial charge in [0.1, 0.15) is 6.54 Å². The molecule has 11 N–H and O–H groups in total. The molecule has 0 aromatic heterocycles. The van der Waals surface area contributed by atoms with Gasteiger partial charge in [0.2, 0.25) is 0 Å². The Morgan fingerprint density at radius 1 is 0.611 bits per heavy atom. The van der Waals surface area contributed by atoms with Crippen molar-refractivity contribution in [1.29, 1.82) is 0 Å². The zero-order valence-corrected chi connectivity index (χ0v) is 33.7. The van der Waals surface area contributed by atoms with Crippen LogP contribution < -0.4 is 0 Å². The molecule has 54 heavy (non-hydrogen) atoms. The Labute approximate surface area is 325 Å². The number of aliphatic hydroxyl groups excluding tert-OH is 2. The number of carboxylic acids is 1. The van der Waals surface area contributed by atoms with Crippen LogP contribution in [0.4, 0.5) is 74.6 Å². The number of carboxylic acid groups (broad SMARTS) is 1. The van der Waals surface area contributed by atoms with Crippen molar-refractivity contribution in [3.63, 3.8) is 0 Å². The predicted octanol–water partition coefficient (Wildman–Crippen LogP) is 6.04. The molecular weight excluding hydrogens is 999 g/mol. The first-order valence-corrected chi connectivity index (χ1v) is 20.6. The van der Waals surface area contributed by atoms with Crippen molar-refractivity contribution < 1.29 is 146 Å². The maximum Gasteiger partial charge on any atom is -0.457 e. The summed E-state index contributed by atoms with van der Waals surface area (Å²) in [5, 5.41) is 16.8. The molecule has 0 saturated heterocycles. The second-order valence-electron chi connectivity index (χ2n) is 9.56. The van der Waals surface area contributed by atoms with Crippen LogP contribution >= 0.6 is 40.2 Å². The number of nitrogens with zero attached hydrogens (tertiary/aromatic N) is 1. The van der Waals surface area contributed by atoms with Crippen LogP contribution in [0.3, 0.4) is 0 Å². The first-order chi connectivity index (χ1) is 22.2. The molecule has 34 heteroatoms. The van der Waals surface area contributed by atoms with E-state index in [-0.39, 0.29) is 43.2 Å². The molecule has 0 amide bonds. The van der Waals surface area contributed by atoms with Crippen molar-refractivity contribution in [3.05, 3.63) is 0 Å². The maximum absolute atomic E-state index is 13.9. The van der Waals surface area contributed by atoms with Crippen LogP contribution in [0.15, 0.2) is 0 Å². The predicted molar refractivity (Wildman–Crippen MR) is 155 cm³/mol. The number of sulfonamides is 1. The van der Waals surface area contributed by atoms with Crippen molar-refractivity contribution in [3.8, 4) is 0 Å². The molecule has 0 aliphatic rings. The topological polar surface area (TPSA) is 213 Å². The van der Waals surface area contributed by atoms with Crippen molar-refractivity contribution in [2.75, 3.05) is 26.3 Å². The molecule has 0 fully saturated rings. The average molecular weight is 1040 g/mol. The number of likely N-dealkylation sites (N-methyl/N-ethyl adjacent to an activating group) is 1. The summed E-state index contributed by atoms with van der Waals surface area (Å²) < 4.78 is 245. The number of carbonyl (C=O) groups is 1. The molecular formula is C20H36Cl4Cr2F17NO9S+2. The Hall–Kier alpha value is 0.215. The Morgan fingerprint density at radius 3 is 0.981 bits per heavy atom. The average Bonchev–Trinajstić information content (AvgIpc) is 2.95. The summed E-state index contributed by atoms with van der Waals surface area (Å²) in [5.74, 6) is -53.8. The summed E-state index contributed by atoms with van der Waals surface area (Å²) in [4.78, 5) is 10.4. The Morgan fingerprint density at radius 2 is 0.815 bits per heavy atom. The third-order valence-electron chi connectivity index (χ3n) is 4.75. The van der Waals surface area contributed by atoms with E-state index < -0.39 is 80.4 Å². The smallest absolute Gasteiger partial charge is 0.457 e. The number of hydrogen-bond donors (Lipinski definition) is 3. The molecule has 0 heterocycles. The molecule has 0 bridgehead atoms. The number of hydrogen-bond acceptors (Lipinski definition) is 5. The number of aliphatic hydroxyl groups is 2. The van der Waals surface area contributed by atoms with Crippen molar-refractivity contribution in [1.82, 2.24) is 4.31 Å². The minimum absolute atomic E-state index is 0. The monoisotopic (exact) mass is 1030 g/mol. The number of halogens is 21. The quantitative estimate of drug-likeness (QED) is 0.148. The van der Waals surface area contributed by atoms with Crippen molar-refractivity contribution in [2.45, 2.75) is 81.6 Å². The van der Waals surface area contributed by atoms with E-state index in [0.717, 1.165) is 0 Å². The van der Waals surface area contributed by atoms with E-state index >= 15 is 0 Å². The van der Waals surface area contributed by atoms with Gasteiger partial charge in [0.15, 0.2) is 0 Å². The summed E-state index contributed by atoms with van der Waals surface area (Å²) in [5.41, 5.74) is 0. The zero-order valence-electron chi connectivity index (χ0n) is 27.3. The number of aliphatic carboxylic acids is 1. The van der Waals surface area contributed by atoms with Gasteiger partial charge in [-0.25, -0.2) is 8.42 Å². The molecule has 0 atom stereocenters. The van der Waals surface area contributed by atoms with E-state index in [1.54, 1.807) is 0 Å². The van der Waals surface area contributed by atoms with Gasteiger partial charge in [0.25, 0.3) is 10.0 Å². The standard InChI is InChI=1S/C12H8F17NO4S.2C4H10O.4ClH.2Cr.3H2O/c1-2-30(3-4(31)32)35(33,34)12(28,29)10(23,24)8(19,20)6(15,16)5(13,14)7(17,18)9(21,22)11(25,26)27;2*1-4(2)3-5;;;;;;;;;/h2-3H2,1H3,(H,31,32);2*4-5H,3H2,1-2H3;4*1H;;;3*1H2/q;;;;;;;2*+2;;;/p-2. The van der Waals surface area contributed by atoms with Gasteiger partial charge < -0.3 is 31.7 Å². The van der Waals surface area contributed by atoms with E-state index in [2.05, 4.69) is 0 Å². The van der Waals surface area contributed by atoms with Crippen LogP contribution in [-0.4, -0.2) is 113 Å². The fourth-order valence-corrected chi connectivity index (χ4v) is 3.39. The summed E-state index contributed by atoms with van der Waals surface area (Å²) in [6.45, 7) is 4.99. The third-order valence-corrected chi connectivity index (χ3v) is 6.72. The summed E-state index contributed by atoms with van der Waals surface area (Å²) in [7, 11) is 11.7. The largest absolute Gasteiger partial charge is 0.457 e. The van der Waals surface area contributed by atoms with E-state index in [1.807, 2.05) is 27.7 Å². The first-order valence-electron chi connectivity index (χ1n) is 12.2. The van der Waals surface area contributed by atoms with E-state index in [1.165, 1.54) is 0 Å². The van der Waals surface area contributed by atoms with Crippen LogP contribution in [0.2, 0.25) is 0 Å². The maximum atomic E-state index is 13.9. The molecule has 0 rings (SSSR count). The Kier molecular flexibility index (Phi) is 37.0. The first kappa shape index (κ1) is 71.9. The van der Waals surface area contributed by atoms with Crippen LogP contribution in [0, 0.1) is 11.8 Å². The van der Waals surface area contributed by atoms with Crippen molar-refractivity contribution in [2.24, 2.45) is 11.8 Å². The molecule has 0 saturated carbocycles. The molecule has 0 aromatic rings. The molecule has 0 aromatic carbocycles. The second-order valence-corrected chi connectivity index (χ2v) is 15.7. The third kappa shape index (κ3) is 17.6. The summed E-state index contributed by atoms with van der Waals surface area (Å²) in [6, 6.07) is 0. The molecule has 0 aliphatic heterocycles. The number of alkyl halides is 17. The molecule has 0 aliphatic carbocycles. The van der Waals surface area contributed by atoms with Gasteiger partial charge in [0.05, 0.1) is 0 Å². The van der Waals surface area contributed by atoms with Gasteiger partial charge in [-0.05, 0) is 11.8 Å². The second kappa shape index (κ2) is 27.8. The van der Waals surface area contributed by atoms with Gasteiger partial charge in [-0.2, -0.15) is 78.9 Å². The fourth-order valence-electron chi connectivity index (χ4n) is 1.99. The Bertz CT molecular complexity index is 1110. The van der Waals surface area contributed by atoms with Gasteiger partial charge in [0, 0.05) is 19.8 Å². The molecule has 0 spiro atoms. The van der Waals surface area contributed by atoms with E-state index in [0.29, 0.717) is 32.0 Å². The molecule has 0 radical (unpaired) electrons. The van der Waals surface area contributed by atoms with Gasteiger partial charge in [-0.1, -0.05) is 34.6 Å². The van der Waals surface area contributed by atoms with Crippen LogP contribution in [0.1, 0.15) is 34.6 Å². The number of rotatable bonds is 13. The SMILES string of the molecule is CC(C)CO.CC(C)CO.CCN(CC(=O)O)S(=O)(=O)C(F)(F)C(F)(F)C(F)(F)C(F)(F)C(F)(F)C(F)(F)C(F)(F)C(F)(F)F.O.[Cl][Cr][Cl].[Cl][Cr][Cl].[OH3+].[OH3+]. The van der Waals surface area contributed by atoms with Gasteiger partial charge >= 0.3 is 120 Å². The van der Waals surface area contributed by atoms with Gasteiger partial charge in [-0.3, -0.25) is 4.79 Å². The molecule has 10 nitrogen and oxygen atoms in total. The van der Waals surface area contributed by atoms with Crippen LogP contribution in [-0.2, 0) is 52.5 Å². The zero-order chi connectivity index (χ0) is 43.1. The van der Waals surface area contributed by atoms with Crippen LogP contribution in [0.5, 0.6) is 0 Å². The summed E-state index contributed by atoms with van der Waals surface area (Å²) >= 11 is -0.361. The van der Waals surface area contributed by atoms with E-state index in [4.69, 9.17) is 55.5 Å². The molecule has 338 valence electrons. The summed E-state index contributed by atoms with van der Waals surface area (Å²) in [6.07, 6.45) is -7.92. The Balaban J connectivity index is -0.000000156. The normalized spacial score (nSPS) is 12.9. The minimum atomic E-state index is -8.94. The molecule has 0 unspecified atom stereocenters. The van der Waals surface area contributed by atoms with Crippen molar-refractivity contribution >= 4 is 56.2 Å². The fraction of sp³-hybridized carbons (Fsp3) is 0.950. The van der Waals surface area contributed by atoms with E-state index in [9.17, 15) is 87.8 Å². The minimum Gasteiger partial charge on any atom is -0.457 e.